The van der Waals surface area contributed by atoms with E-state index >= 15 is 0 Å². The maximum Gasteiger partial charge on any atom is 0.348 e. The Kier molecular flexibility index (Phi) is 8.43. The number of rotatable bonds is 10. The van der Waals surface area contributed by atoms with Gasteiger partial charge in [0.05, 0.1) is 19.3 Å². The zero-order valence-corrected chi connectivity index (χ0v) is 19.1. The minimum absolute atomic E-state index is 0.0212. The van der Waals surface area contributed by atoms with E-state index in [1.165, 1.54) is 18.4 Å². The summed E-state index contributed by atoms with van der Waals surface area (Å²) < 4.78 is 4.75. The summed E-state index contributed by atoms with van der Waals surface area (Å²) >= 11 is 1.43. The van der Waals surface area contributed by atoms with Crippen molar-refractivity contribution >= 4 is 28.9 Å². The lowest BCUT2D eigenvalue weighted by molar-refractivity contribution is -0.117. The van der Waals surface area contributed by atoms with Gasteiger partial charge in [-0.3, -0.25) is 4.79 Å². The normalized spacial score (nSPS) is 17.5. The lowest BCUT2D eigenvalue weighted by atomic mass is 10.0. The molecule has 0 saturated carbocycles. The lowest BCUT2D eigenvalue weighted by Crippen LogP contribution is -2.31. The van der Waals surface area contributed by atoms with Crippen LogP contribution in [0.5, 0.6) is 0 Å². The number of carbonyl (C=O) groups excluding carboxylic acids is 2. The first-order valence-electron chi connectivity index (χ1n) is 11.0. The Bertz CT molecular complexity index is 903. The highest BCUT2D eigenvalue weighted by Crippen LogP contribution is 2.30. The Hall–Kier alpha value is -2.44. The van der Waals surface area contributed by atoms with E-state index in [0.717, 1.165) is 48.2 Å². The fourth-order valence-corrected chi connectivity index (χ4v) is 4.78. The monoisotopic (exact) mass is 441 g/mol. The average molecular weight is 442 g/mol. The highest BCUT2D eigenvalue weighted by Gasteiger charge is 2.30. The van der Waals surface area contributed by atoms with Crippen LogP contribution in [0.1, 0.15) is 71.7 Å². The van der Waals surface area contributed by atoms with Crippen LogP contribution in [-0.2, 0) is 16.0 Å². The molecule has 1 fully saturated rings. The Morgan fingerprint density at radius 3 is 2.74 bits per heavy atom. The number of nitrogens with zero attached hydrogens (tertiary/aromatic N) is 1. The second kappa shape index (κ2) is 11.3. The van der Waals surface area contributed by atoms with Gasteiger partial charge in [-0.05, 0) is 49.1 Å². The van der Waals surface area contributed by atoms with Crippen molar-refractivity contribution < 1.29 is 19.4 Å². The van der Waals surface area contributed by atoms with Gasteiger partial charge < -0.3 is 14.7 Å². The van der Waals surface area contributed by atoms with E-state index in [-0.39, 0.29) is 17.9 Å². The molecule has 6 heteroatoms. The number of hydrogen-bond donors (Lipinski definition) is 1. The van der Waals surface area contributed by atoms with Crippen LogP contribution in [0, 0.1) is 0 Å². The van der Waals surface area contributed by atoms with Crippen LogP contribution in [0.15, 0.2) is 48.6 Å². The van der Waals surface area contributed by atoms with Crippen LogP contribution >= 0.6 is 11.3 Å². The van der Waals surface area contributed by atoms with Crippen molar-refractivity contribution in [1.82, 2.24) is 0 Å². The van der Waals surface area contributed by atoms with Gasteiger partial charge >= 0.3 is 5.97 Å². The molecule has 0 radical (unpaired) electrons. The van der Waals surface area contributed by atoms with Crippen molar-refractivity contribution in [3.63, 3.8) is 0 Å². The Morgan fingerprint density at radius 1 is 1.26 bits per heavy atom. The summed E-state index contributed by atoms with van der Waals surface area (Å²) in [6.07, 6.45) is 9.76. The van der Waals surface area contributed by atoms with Crippen LogP contribution in [-0.4, -0.2) is 30.1 Å². The number of benzene rings is 1. The van der Waals surface area contributed by atoms with Gasteiger partial charge in [0.15, 0.2) is 0 Å². The maximum absolute atomic E-state index is 12.5. The number of aliphatic hydroxyl groups is 1. The number of allylic oxidation sites excluding steroid dienone is 1. The predicted molar refractivity (Wildman–Crippen MR) is 125 cm³/mol. The standard InChI is InChI=1S/C25H31NO4S/c1-3-4-5-9-22(27)18-10-12-20(13-11-18)26-19(14-17-24(26)28)7-6-8-21-15-16-23(31-21)25(29)30-2/h6-7,10-13,15-16,19,22,27H,3-5,8-9,14,17H2,1-2H3/b7-6+/t19-,22?/m0/s1. The van der Waals surface area contributed by atoms with E-state index in [0.29, 0.717) is 17.7 Å². The highest BCUT2D eigenvalue weighted by molar-refractivity contribution is 7.13. The molecule has 166 valence electrons. The predicted octanol–water partition coefficient (Wildman–Crippen LogP) is 5.44. The second-order valence-electron chi connectivity index (χ2n) is 7.86. The largest absolute Gasteiger partial charge is 0.465 e. The van der Waals surface area contributed by atoms with Gasteiger partial charge in [0.25, 0.3) is 0 Å². The van der Waals surface area contributed by atoms with Crippen LogP contribution in [0.4, 0.5) is 5.69 Å². The summed E-state index contributed by atoms with van der Waals surface area (Å²) in [6.45, 7) is 2.15. The number of hydrogen-bond acceptors (Lipinski definition) is 5. The first kappa shape index (κ1) is 23.2. The van der Waals surface area contributed by atoms with Crippen LogP contribution in [0.2, 0.25) is 0 Å². The van der Waals surface area contributed by atoms with Crippen molar-refractivity contribution in [1.29, 1.82) is 0 Å². The zero-order valence-electron chi connectivity index (χ0n) is 18.3. The molecule has 1 amide bonds. The van der Waals surface area contributed by atoms with E-state index in [2.05, 4.69) is 19.1 Å². The van der Waals surface area contributed by atoms with Gasteiger partial charge in [-0.1, -0.05) is 50.5 Å². The average Bonchev–Trinajstić information content (AvgIpc) is 3.40. The highest BCUT2D eigenvalue weighted by atomic mass is 32.1. The van der Waals surface area contributed by atoms with E-state index in [1.54, 1.807) is 6.07 Å². The molecule has 1 aliphatic heterocycles. The summed E-state index contributed by atoms with van der Waals surface area (Å²) in [5, 5.41) is 10.4. The second-order valence-corrected chi connectivity index (χ2v) is 9.03. The van der Waals surface area contributed by atoms with Gasteiger partial charge in [-0.2, -0.15) is 0 Å². The molecule has 2 atom stereocenters. The third kappa shape index (κ3) is 6.05. The van der Waals surface area contributed by atoms with Gasteiger partial charge in [0.1, 0.15) is 4.88 Å². The van der Waals surface area contributed by atoms with Gasteiger partial charge in [-0.25, -0.2) is 4.79 Å². The van der Waals surface area contributed by atoms with Gasteiger partial charge in [-0.15, -0.1) is 11.3 Å². The summed E-state index contributed by atoms with van der Waals surface area (Å²) in [5.74, 6) is -0.193. The van der Waals surface area contributed by atoms with Crippen LogP contribution in [0.3, 0.4) is 0 Å². The summed E-state index contributed by atoms with van der Waals surface area (Å²) in [4.78, 5) is 27.6. The molecule has 2 aromatic rings. The topological polar surface area (TPSA) is 66.8 Å². The fourth-order valence-electron chi connectivity index (χ4n) is 3.87. The molecule has 1 aromatic heterocycles. The molecular formula is C25H31NO4S. The minimum Gasteiger partial charge on any atom is -0.465 e. The third-order valence-corrected chi connectivity index (χ3v) is 6.70. The molecule has 31 heavy (non-hydrogen) atoms. The Balaban J connectivity index is 1.62. The van der Waals surface area contributed by atoms with Crippen molar-refractivity contribution in [3.8, 4) is 0 Å². The molecule has 5 nitrogen and oxygen atoms in total. The molecule has 0 bridgehead atoms. The zero-order chi connectivity index (χ0) is 22.2. The molecule has 1 saturated heterocycles. The number of carbonyl (C=O) groups is 2. The molecule has 1 aliphatic rings. The fraction of sp³-hybridized carbons (Fsp3) is 0.440. The van der Waals surface area contributed by atoms with E-state index in [1.807, 2.05) is 35.2 Å². The molecule has 0 aliphatic carbocycles. The van der Waals surface area contributed by atoms with Gasteiger partial charge in [0.2, 0.25) is 5.91 Å². The molecule has 1 N–H and O–H groups in total. The smallest absolute Gasteiger partial charge is 0.348 e. The number of thiophene rings is 1. The summed E-state index contributed by atoms with van der Waals surface area (Å²) in [6, 6.07) is 11.5. The van der Waals surface area contributed by atoms with E-state index < -0.39 is 6.10 Å². The molecule has 1 aromatic carbocycles. The molecule has 1 unspecified atom stereocenters. The van der Waals surface area contributed by atoms with Crippen LogP contribution in [0.25, 0.3) is 0 Å². The Morgan fingerprint density at radius 2 is 2.03 bits per heavy atom. The number of aliphatic hydroxyl groups excluding tert-OH is 1. The summed E-state index contributed by atoms with van der Waals surface area (Å²) in [5.41, 5.74) is 1.77. The van der Waals surface area contributed by atoms with E-state index in [9.17, 15) is 14.7 Å². The third-order valence-electron chi connectivity index (χ3n) is 5.62. The van der Waals surface area contributed by atoms with Crippen molar-refractivity contribution in [2.75, 3.05) is 12.0 Å². The first-order chi connectivity index (χ1) is 15.0. The number of amides is 1. The molecular weight excluding hydrogens is 410 g/mol. The number of unbranched alkanes of at least 4 members (excludes halogenated alkanes) is 2. The molecule has 0 spiro atoms. The number of methoxy groups -OCH3 is 1. The SMILES string of the molecule is CCCCCC(O)c1ccc(N2C(=O)CC[C@@H]2/C=C/Cc2ccc(C(=O)OC)s2)cc1. The quantitative estimate of drug-likeness (QED) is 0.303. The number of esters is 1. The van der Waals surface area contributed by atoms with Crippen molar-refractivity contribution in [2.24, 2.45) is 0 Å². The summed E-state index contributed by atoms with van der Waals surface area (Å²) in [7, 11) is 1.38. The van der Waals surface area contributed by atoms with Gasteiger partial charge in [0, 0.05) is 17.0 Å². The molecule has 2 heterocycles. The first-order valence-corrected chi connectivity index (χ1v) is 11.8. The van der Waals surface area contributed by atoms with E-state index in [4.69, 9.17) is 4.74 Å². The number of ether oxygens (including phenoxy) is 1. The van der Waals surface area contributed by atoms with Crippen LogP contribution < -0.4 is 4.90 Å². The van der Waals surface area contributed by atoms with Crippen molar-refractivity contribution in [2.45, 2.75) is 64.0 Å². The lowest BCUT2D eigenvalue weighted by Gasteiger charge is -2.23. The minimum atomic E-state index is -0.453. The molecule has 3 rings (SSSR count). The van der Waals surface area contributed by atoms with Crippen molar-refractivity contribution in [3.05, 3.63) is 63.9 Å². The number of anilines is 1. The Labute approximate surface area is 188 Å². The maximum atomic E-state index is 12.5.